The number of nitrogens with one attached hydrogen (secondary N) is 1. The summed E-state index contributed by atoms with van der Waals surface area (Å²) in [4.78, 5) is 35.6. The maximum absolute atomic E-state index is 12.6. The van der Waals surface area contributed by atoms with Crippen LogP contribution in [0.2, 0.25) is 0 Å². The molecule has 1 aromatic heterocycles. The number of hydrogen-bond donors (Lipinski definition) is 1. The molecule has 1 aliphatic rings. The predicted octanol–water partition coefficient (Wildman–Crippen LogP) is 2.54. The Morgan fingerprint density at radius 3 is 2.37 bits per heavy atom. The minimum atomic E-state index is -0.489. The van der Waals surface area contributed by atoms with Crippen molar-refractivity contribution in [3.8, 4) is 0 Å². The van der Waals surface area contributed by atoms with E-state index in [9.17, 15) is 14.9 Å². The molecule has 1 saturated heterocycles. The molecule has 3 rings (SSSR count). The number of carbonyl (C=O) groups excluding carboxylic acids is 1. The third kappa shape index (κ3) is 5.29. The Morgan fingerprint density at radius 2 is 1.80 bits per heavy atom. The highest BCUT2D eigenvalue weighted by molar-refractivity contribution is 5.80. The lowest BCUT2D eigenvalue weighted by Gasteiger charge is -2.36. The van der Waals surface area contributed by atoms with Gasteiger partial charge in [-0.05, 0) is 32.3 Å². The first-order chi connectivity index (χ1) is 14.3. The summed E-state index contributed by atoms with van der Waals surface area (Å²) in [5.74, 6) is 0.184. The number of rotatable bonds is 7. The van der Waals surface area contributed by atoms with E-state index in [1.54, 1.807) is 18.7 Å². The van der Waals surface area contributed by atoms with Crippen LogP contribution < -0.4 is 5.32 Å². The Labute approximate surface area is 176 Å². The highest BCUT2D eigenvalue weighted by Crippen LogP contribution is 2.21. The van der Waals surface area contributed by atoms with Crippen LogP contribution in [-0.4, -0.2) is 63.3 Å². The van der Waals surface area contributed by atoms with E-state index in [4.69, 9.17) is 0 Å². The number of nitro groups is 1. The van der Waals surface area contributed by atoms with Gasteiger partial charge in [0, 0.05) is 32.7 Å². The van der Waals surface area contributed by atoms with Crippen molar-refractivity contribution in [1.29, 1.82) is 0 Å². The number of amides is 1. The first-order valence-corrected chi connectivity index (χ1v) is 10.1. The van der Waals surface area contributed by atoms with Crippen molar-refractivity contribution in [3.05, 3.63) is 57.4 Å². The Balaban J connectivity index is 1.49. The molecule has 30 heavy (non-hydrogen) atoms. The van der Waals surface area contributed by atoms with Gasteiger partial charge in [0.1, 0.15) is 11.4 Å². The molecule has 160 valence electrons. The number of benzene rings is 1. The summed E-state index contributed by atoms with van der Waals surface area (Å²) < 4.78 is 0. The summed E-state index contributed by atoms with van der Waals surface area (Å²) in [6.45, 7) is 6.02. The molecular weight excluding hydrogens is 384 g/mol. The van der Waals surface area contributed by atoms with Gasteiger partial charge >= 0.3 is 5.69 Å². The fourth-order valence-electron chi connectivity index (χ4n) is 3.84. The molecule has 1 fully saturated rings. The minimum Gasteiger partial charge on any atom is -0.345 e. The Hall–Kier alpha value is -3.07. The molecule has 9 heteroatoms. The molecule has 0 aliphatic carbocycles. The highest BCUT2D eigenvalue weighted by Gasteiger charge is 2.25. The van der Waals surface area contributed by atoms with Crippen LogP contribution in [0.4, 0.5) is 11.6 Å². The van der Waals surface area contributed by atoms with E-state index in [0.717, 1.165) is 32.5 Å². The molecule has 1 aromatic carbocycles. The van der Waals surface area contributed by atoms with Crippen LogP contribution >= 0.6 is 0 Å². The molecule has 0 unspecified atom stereocenters. The lowest BCUT2D eigenvalue weighted by molar-refractivity contribution is -0.386. The van der Waals surface area contributed by atoms with E-state index in [1.807, 2.05) is 13.1 Å². The molecule has 0 atom stereocenters. The largest absolute Gasteiger partial charge is 0.345 e. The molecule has 1 aliphatic heterocycles. The second-order valence-electron chi connectivity index (χ2n) is 7.67. The minimum absolute atomic E-state index is 0.0474. The maximum atomic E-state index is 12.6. The molecule has 0 radical (unpaired) electrons. The predicted molar refractivity (Wildman–Crippen MR) is 114 cm³/mol. The number of nitrogens with zero attached hydrogens (tertiary/aromatic N) is 5. The molecule has 1 amide bonds. The second-order valence-corrected chi connectivity index (χ2v) is 7.67. The first kappa shape index (κ1) is 21.6. The van der Waals surface area contributed by atoms with Crippen LogP contribution in [0.1, 0.15) is 29.8 Å². The van der Waals surface area contributed by atoms with Gasteiger partial charge in [0.2, 0.25) is 11.9 Å². The lowest BCUT2D eigenvalue weighted by Crippen LogP contribution is -2.46. The van der Waals surface area contributed by atoms with Crippen molar-refractivity contribution in [2.24, 2.45) is 0 Å². The zero-order valence-electron chi connectivity index (χ0n) is 17.7. The van der Waals surface area contributed by atoms with Crippen molar-refractivity contribution < 1.29 is 9.72 Å². The Bertz CT molecular complexity index is 874. The average Bonchev–Trinajstić information content (AvgIpc) is 2.72. The molecule has 2 heterocycles. The molecule has 2 aromatic rings. The molecule has 9 nitrogen and oxygen atoms in total. The normalized spacial score (nSPS) is 15.0. The van der Waals surface area contributed by atoms with Gasteiger partial charge < -0.3 is 10.2 Å². The molecule has 0 saturated carbocycles. The first-order valence-electron chi connectivity index (χ1n) is 10.1. The van der Waals surface area contributed by atoms with E-state index in [0.29, 0.717) is 0 Å². The van der Waals surface area contributed by atoms with Gasteiger partial charge in [-0.25, -0.2) is 9.97 Å². The van der Waals surface area contributed by atoms with Gasteiger partial charge in [0.25, 0.3) is 0 Å². The van der Waals surface area contributed by atoms with Crippen LogP contribution in [0.3, 0.4) is 0 Å². The Morgan fingerprint density at radius 1 is 1.20 bits per heavy atom. The van der Waals surface area contributed by atoms with Crippen molar-refractivity contribution in [2.45, 2.75) is 39.3 Å². The number of aryl methyl sites for hydroxylation is 2. The van der Waals surface area contributed by atoms with E-state index in [2.05, 4.69) is 44.5 Å². The van der Waals surface area contributed by atoms with Crippen molar-refractivity contribution in [1.82, 2.24) is 19.8 Å². The summed E-state index contributed by atoms with van der Waals surface area (Å²) in [6.07, 6.45) is 1.86. The fourth-order valence-corrected chi connectivity index (χ4v) is 3.84. The molecule has 1 N–H and O–H groups in total. The number of likely N-dealkylation sites (N-methyl/N-ethyl adjacent to an activating group) is 1. The van der Waals surface area contributed by atoms with Gasteiger partial charge in [-0.1, -0.05) is 30.3 Å². The van der Waals surface area contributed by atoms with Gasteiger partial charge in [0.15, 0.2) is 0 Å². The quantitative estimate of drug-likeness (QED) is 0.550. The zero-order chi connectivity index (χ0) is 21.7. The van der Waals surface area contributed by atoms with E-state index in [-0.39, 0.29) is 41.5 Å². The number of anilines is 1. The standard InChI is InChI=1S/C21H28N6O3/c1-15-20(27(29)30)16(2)24-21(23-15)22-13-19(28)25(3)18-9-11-26(12-10-18)14-17-7-5-4-6-8-17/h4-8,18H,9-14H2,1-3H3,(H,22,23,24). The SMILES string of the molecule is Cc1nc(NCC(=O)N(C)C2CCN(Cc3ccccc3)CC2)nc(C)c1[N+](=O)[O-]. The number of aromatic nitrogens is 2. The summed E-state index contributed by atoms with van der Waals surface area (Å²) in [6, 6.07) is 10.6. The summed E-state index contributed by atoms with van der Waals surface area (Å²) in [7, 11) is 1.83. The monoisotopic (exact) mass is 412 g/mol. The highest BCUT2D eigenvalue weighted by atomic mass is 16.6. The van der Waals surface area contributed by atoms with Crippen LogP contribution in [0, 0.1) is 24.0 Å². The van der Waals surface area contributed by atoms with Crippen molar-refractivity contribution in [2.75, 3.05) is 32.0 Å². The summed E-state index contributed by atoms with van der Waals surface area (Å²) in [5, 5.41) is 14.0. The smallest absolute Gasteiger partial charge is 0.311 e. The van der Waals surface area contributed by atoms with Gasteiger partial charge in [-0.3, -0.25) is 19.8 Å². The number of hydrogen-bond acceptors (Lipinski definition) is 7. The number of likely N-dealkylation sites (tertiary alicyclic amines) is 1. The second kappa shape index (κ2) is 9.62. The summed E-state index contributed by atoms with van der Waals surface area (Å²) in [5.41, 5.74) is 1.77. The lowest BCUT2D eigenvalue weighted by atomic mass is 10.0. The van der Waals surface area contributed by atoms with Crippen molar-refractivity contribution in [3.63, 3.8) is 0 Å². The van der Waals surface area contributed by atoms with Gasteiger partial charge in [0.05, 0.1) is 11.5 Å². The molecule has 0 spiro atoms. The number of piperidine rings is 1. The van der Waals surface area contributed by atoms with Gasteiger partial charge in [-0.2, -0.15) is 0 Å². The third-order valence-electron chi connectivity index (χ3n) is 5.56. The van der Waals surface area contributed by atoms with Gasteiger partial charge in [-0.15, -0.1) is 0 Å². The molecule has 0 bridgehead atoms. The van der Waals surface area contributed by atoms with E-state index < -0.39 is 4.92 Å². The van der Waals surface area contributed by atoms with Crippen LogP contribution in [-0.2, 0) is 11.3 Å². The number of carbonyl (C=O) groups is 1. The Kier molecular flexibility index (Phi) is 6.94. The van der Waals surface area contributed by atoms with Crippen LogP contribution in [0.5, 0.6) is 0 Å². The van der Waals surface area contributed by atoms with Crippen LogP contribution in [0.15, 0.2) is 30.3 Å². The van der Waals surface area contributed by atoms with E-state index >= 15 is 0 Å². The fraction of sp³-hybridized carbons (Fsp3) is 0.476. The van der Waals surface area contributed by atoms with E-state index in [1.165, 1.54) is 5.56 Å². The van der Waals surface area contributed by atoms with Crippen molar-refractivity contribution >= 4 is 17.5 Å². The summed E-state index contributed by atoms with van der Waals surface area (Å²) >= 11 is 0. The third-order valence-corrected chi connectivity index (χ3v) is 5.56. The average molecular weight is 412 g/mol. The zero-order valence-corrected chi connectivity index (χ0v) is 17.7. The maximum Gasteiger partial charge on any atom is 0.311 e. The molecular formula is C21H28N6O3. The topological polar surface area (TPSA) is 104 Å². The van der Waals surface area contributed by atoms with Crippen LogP contribution in [0.25, 0.3) is 0 Å².